The summed E-state index contributed by atoms with van der Waals surface area (Å²) in [7, 11) is 0. The van der Waals surface area contributed by atoms with E-state index >= 15 is 0 Å². The number of carboxylic acids is 1. The summed E-state index contributed by atoms with van der Waals surface area (Å²) < 4.78 is 19.0. The van der Waals surface area contributed by atoms with Crippen LogP contribution in [0.3, 0.4) is 0 Å². The maximum Gasteiger partial charge on any atom is 0.325 e. The summed E-state index contributed by atoms with van der Waals surface area (Å²) in [4.78, 5) is 31.2. The Balaban J connectivity index is 1.34. The van der Waals surface area contributed by atoms with Crippen molar-refractivity contribution >= 4 is 22.8 Å². The Morgan fingerprint density at radius 3 is 2.80 bits per heavy atom. The number of carbonyl (C=O) groups excluding carboxylic acids is 1. The molecule has 2 fully saturated rings. The first-order valence-electron chi connectivity index (χ1n) is 10.4. The molecule has 0 bridgehead atoms. The minimum Gasteiger partial charge on any atom is -0.480 e. The number of hydrogen-bond donors (Lipinski definition) is 3. The molecule has 0 spiro atoms. The minimum atomic E-state index is -0.942. The number of benzene rings is 1. The summed E-state index contributed by atoms with van der Waals surface area (Å²) in [6, 6.07) is 3.50. The highest BCUT2D eigenvalue weighted by molar-refractivity contribution is 5.89. The molecular formula is C21H27FN4O4. The van der Waals surface area contributed by atoms with Gasteiger partial charge >= 0.3 is 5.97 Å². The number of nitrogens with one attached hydrogen (secondary N) is 2. The molecule has 4 rings (SSSR count). The SMILES string of the molecule is O=C(CN1CCN(C(C(=O)O)c2c[nH]c3cc(F)ccc23)CC1)NCC1CCCO1. The molecule has 2 aliphatic heterocycles. The molecule has 2 aromatic rings. The van der Waals surface area contributed by atoms with Crippen LogP contribution in [0.15, 0.2) is 24.4 Å². The van der Waals surface area contributed by atoms with Crippen LogP contribution in [0, 0.1) is 5.82 Å². The maximum atomic E-state index is 13.5. The molecule has 1 amide bonds. The summed E-state index contributed by atoms with van der Waals surface area (Å²) in [6.45, 7) is 3.88. The van der Waals surface area contributed by atoms with Crippen LogP contribution in [0.4, 0.5) is 4.39 Å². The van der Waals surface area contributed by atoms with Crippen LogP contribution in [0.5, 0.6) is 0 Å². The quantitative estimate of drug-likeness (QED) is 0.628. The van der Waals surface area contributed by atoms with Crippen molar-refractivity contribution in [3.8, 4) is 0 Å². The molecule has 9 heteroatoms. The third-order valence-electron chi connectivity index (χ3n) is 5.89. The maximum absolute atomic E-state index is 13.5. The number of carboxylic acid groups (broad SMARTS) is 1. The van der Waals surface area contributed by atoms with Gasteiger partial charge < -0.3 is 20.1 Å². The number of hydrogen-bond acceptors (Lipinski definition) is 5. The smallest absolute Gasteiger partial charge is 0.325 e. The third-order valence-corrected chi connectivity index (χ3v) is 5.89. The van der Waals surface area contributed by atoms with Gasteiger partial charge in [0.05, 0.1) is 12.6 Å². The fourth-order valence-corrected chi connectivity index (χ4v) is 4.30. The molecule has 2 saturated heterocycles. The number of H-pyrrole nitrogens is 1. The van der Waals surface area contributed by atoms with Gasteiger partial charge in [0, 0.05) is 62.0 Å². The zero-order valence-corrected chi connectivity index (χ0v) is 16.8. The molecular weight excluding hydrogens is 391 g/mol. The van der Waals surface area contributed by atoms with Crippen molar-refractivity contribution in [2.75, 3.05) is 45.9 Å². The van der Waals surface area contributed by atoms with E-state index in [1.807, 2.05) is 9.80 Å². The van der Waals surface area contributed by atoms with E-state index in [0.717, 1.165) is 19.4 Å². The van der Waals surface area contributed by atoms with Gasteiger partial charge in [0.1, 0.15) is 11.9 Å². The second kappa shape index (κ2) is 9.11. The van der Waals surface area contributed by atoms with Crippen LogP contribution in [-0.4, -0.2) is 83.7 Å². The number of carbonyl (C=O) groups is 2. The molecule has 0 radical (unpaired) electrons. The Labute approximate surface area is 174 Å². The number of piperazine rings is 1. The Bertz CT molecular complexity index is 904. The lowest BCUT2D eigenvalue weighted by atomic mass is 10.0. The number of fused-ring (bicyclic) bond motifs is 1. The van der Waals surface area contributed by atoms with E-state index in [4.69, 9.17) is 4.74 Å². The number of aliphatic carboxylic acids is 1. The van der Waals surface area contributed by atoms with Crippen molar-refractivity contribution < 1.29 is 23.8 Å². The number of aromatic nitrogens is 1. The van der Waals surface area contributed by atoms with Gasteiger partial charge in [-0.1, -0.05) is 0 Å². The number of halogens is 1. The largest absolute Gasteiger partial charge is 0.480 e. The number of nitrogens with zero attached hydrogens (tertiary/aromatic N) is 2. The van der Waals surface area contributed by atoms with E-state index in [0.29, 0.717) is 55.7 Å². The molecule has 0 saturated carbocycles. The predicted molar refractivity (Wildman–Crippen MR) is 109 cm³/mol. The van der Waals surface area contributed by atoms with Crippen LogP contribution < -0.4 is 5.32 Å². The lowest BCUT2D eigenvalue weighted by molar-refractivity contribution is -0.144. The monoisotopic (exact) mass is 418 g/mol. The van der Waals surface area contributed by atoms with Gasteiger partial charge in [-0.05, 0) is 31.0 Å². The number of ether oxygens (including phenoxy) is 1. The average molecular weight is 418 g/mol. The Morgan fingerprint density at radius 1 is 1.30 bits per heavy atom. The molecule has 0 aliphatic carbocycles. The standard InChI is InChI=1S/C21H27FN4O4/c22-14-3-4-16-17(12-23-18(16)10-14)20(21(28)29)26-7-5-25(6-8-26)13-19(27)24-11-15-2-1-9-30-15/h3-4,10,12,15,20,23H,1-2,5-9,11,13H2,(H,24,27)(H,28,29). The highest BCUT2D eigenvalue weighted by Crippen LogP contribution is 2.30. The van der Waals surface area contributed by atoms with Crippen molar-refractivity contribution in [3.05, 3.63) is 35.8 Å². The number of rotatable bonds is 7. The van der Waals surface area contributed by atoms with Crippen molar-refractivity contribution in [2.45, 2.75) is 25.0 Å². The van der Waals surface area contributed by atoms with Crippen molar-refractivity contribution in [3.63, 3.8) is 0 Å². The van der Waals surface area contributed by atoms with Crippen LogP contribution in [0.1, 0.15) is 24.4 Å². The van der Waals surface area contributed by atoms with Gasteiger partial charge in [-0.3, -0.25) is 19.4 Å². The molecule has 162 valence electrons. The highest BCUT2D eigenvalue weighted by atomic mass is 19.1. The van der Waals surface area contributed by atoms with E-state index < -0.39 is 12.0 Å². The summed E-state index contributed by atoms with van der Waals surface area (Å²) in [6.07, 6.45) is 3.79. The summed E-state index contributed by atoms with van der Waals surface area (Å²) >= 11 is 0. The Kier molecular flexibility index (Phi) is 6.31. The lowest BCUT2D eigenvalue weighted by Gasteiger charge is -2.37. The van der Waals surface area contributed by atoms with Crippen molar-refractivity contribution in [2.24, 2.45) is 0 Å². The minimum absolute atomic E-state index is 0.0348. The van der Waals surface area contributed by atoms with Gasteiger partial charge in [-0.2, -0.15) is 0 Å². The zero-order chi connectivity index (χ0) is 21.1. The predicted octanol–water partition coefficient (Wildman–Crippen LogP) is 1.35. The van der Waals surface area contributed by atoms with Gasteiger partial charge in [0.15, 0.2) is 0 Å². The molecule has 8 nitrogen and oxygen atoms in total. The Hall–Kier alpha value is -2.49. The lowest BCUT2D eigenvalue weighted by Crippen LogP contribution is -2.51. The number of aromatic amines is 1. The summed E-state index contributed by atoms with van der Waals surface area (Å²) in [5.74, 6) is -1.34. The first-order chi connectivity index (χ1) is 14.5. The van der Waals surface area contributed by atoms with Crippen molar-refractivity contribution in [1.82, 2.24) is 20.1 Å². The molecule has 30 heavy (non-hydrogen) atoms. The van der Waals surface area contributed by atoms with Crippen LogP contribution >= 0.6 is 0 Å². The molecule has 2 atom stereocenters. The average Bonchev–Trinajstić information content (AvgIpc) is 3.38. The second-order valence-electron chi connectivity index (χ2n) is 7.93. The number of amides is 1. The fourth-order valence-electron chi connectivity index (χ4n) is 4.30. The normalized spacial score (nSPS) is 21.7. The summed E-state index contributed by atoms with van der Waals surface area (Å²) in [5, 5.41) is 13.5. The van der Waals surface area contributed by atoms with Crippen LogP contribution in [-0.2, 0) is 14.3 Å². The molecule has 1 aromatic heterocycles. The van der Waals surface area contributed by atoms with E-state index in [-0.39, 0.29) is 17.8 Å². The Morgan fingerprint density at radius 2 is 2.10 bits per heavy atom. The van der Waals surface area contributed by atoms with Gasteiger partial charge in [-0.25, -0.2) is 4.39 Å². The zero-order valence-electron chi connectivity index (χ0n) is 16.8. The topological polar surface area (TPSA) is 97.9 Å². The van der Waals surface area contributed by atoms with E-state index in [9.17, 15) is 19.1 Å². The first-order valence-corrected chi connectivity index (χ1v) is 10.4. The van der Waals surface area contributed by atoms with Crippen LogP contribution in [0.25, 0.3) is 10.9 Å². The van der Waals surface area contributed by atoms with Gasteiger partial charge in [0.25, 0.3) is 0 Å². The van der Waals surface area contributed by atoms with E-state index in [2.05, 4.69) is 10.3 Å². The molecule has 3 heterocycles. The summed E-state index contributed by atoms with van der Waals surface area (Å²) in [5.41, 5.74) is 1.21. The first kappa shape index (κ1) is 20.8. The molecule has 2 unspecified atom stereocenters. The fraction of sp³-hybridized carbons (Fsp3) is 0.524. The highest BCUT2D eigenvalue weighted by Gasteiger charge is 2.32. The van der Waals surface area contributed by atoms with Crippen LogP contribution in [0.2, 0.25) is 0 Å². The third kappa shape index (κ3) is 4.63. The van der Waals surface area contributed by atoms with Gasteiger partial charge in [-0.15, -0.1) is 0 Å². The van der Waals surface area contributed by atoms with Crippen molar-refractivity contribution in [1.29, 1.82) is 0 Å². The van der Waals surface area contributed by atoms with Gasteiger partial charge in [0.2, 0.25) is 5.91 Å². The van der Waals surface area contributed by atoms with E-state index in [1.54, 1.807) is 12.3 Å². The second-order valence-corrected chi connectivity index (χ2v) is 7.93. The van der Waals surface area contributed by atoms with E-state index in [1.165, 1.54) is 12.1 Å². The molecule has 1 aromatic carbocycles. The molecule has 3 N–H and O–H groups in total. The molecule has 2 aliphatic rings.